The Hall–Kier alpha value is -1.54. The van der Waals surface area contributed by atoms with Crippen molar-refractivity contribution in [3.8, 4) is 0 Å². The Morgan fingerprint density at radius 2 is 1.62 bits per heavy atom. The maximum Gasteiger partial charge on any atom is 0.692 e. The molecule has 0 bridgehead atoms. The van der Waals surface area contributed by atoms with Crippen molar-refractivity contribution in [1.82, 2.24) is 0 Å². The lowest BCUT2D eigenvalue weighted by Crippen LogP contribution is -1.73. The van der Waals surface area contributed by atoms with E-state index in [1.165, 1.54) is 16.3 Å². The van der Waals surface area contributed by atoms with Gasteiger partial charge in [-0.15, -0.1) is 9.79 Å². The molecule has 2 aromatic rings. The molecule has 3 nitrogen and oxygen atoms in total. The molecule has 2 rings (SSSR count). The first kappa shape index (κ1) is 12.5. The van der Waals surface area contributed by atoms with E-state index in [9.17, 15) is 0 Å². The highest BCUT2D eigenvalue weighted by Gasteiger charge is 1.93. The quantitative estimate of drug-likeness (QED) is 0.746. The zero-order chi connectivity index (χ0) is 12.0. The van der Waals surface area contributed by atoms with Gasteiger partial charge in [0.25, 0.3) is 0 Å². The molecule has 16 heavy (non-hydrogen) atoms. The summed E-state index contributed by atoms with van der Waals surface area (Å²) in [4.78, 5) is 14.2. The summed E-state index contributed by atoms with van der Waals surface area (Å²) in [5, 5.41) is 2.55. The summed E-state index contributed by atoms with van der Waals surface area (Å²) in [6.07, 6.45) is 1.87. The molecule has 0 heterocycles. The molecule has 0 saturated carbocycles. The first-order chi connectivity index (χ1) is 7.63. The van der Waals surface area contributed by atoms with Crippen molar-refractivity contribution < 1.29 is 14.4 Å². The van der Waals surface area contributed by atoms with Gasteiger partial charge in [0.05, 0.1) is 0 Å². The fourth-order valence-electron chi connectivity index (χ4n) is 1.33. The molecule has 0 aliphatic carbocycles. The van der Waals surface area contributed by atoms with Crippen LogP contribution >= 0.6 is 8.25 Å². The van der Waals surface area contributed by atoms with E-state index < -0.39 is 8.25 Å². The predicted octanol–water partition coefficient (Wildman–Crippen LogP) is 3.11. The van der Waals surface area contributed by atoms with Gasteiger partial charge >= 0.3 is 8.25 Å². The number of rotatable bonds is 1. The molecule has 0 saturated heterocycles. The standard InChI is InChI=1S/C12H10.HO3P/c1-2-10-7-8-11-5-3-4-6-12(11)9-10;1-4(2)3/h2-9H,1H2;(H-,1,2,3)/p+1. The van der Waals surface area contributed by atoms with E-state index in [2.05, 4.69) is 49.0 Å². The number of hydrogen-bond acceptors (Lipinski definition) is 1. The Balaban J connectivity index is 0.000000280. The maximum absolute atomic E-state index is 8.70. The zero-order valence-corrected chi connectivity index (χ0v) is 9.47. The highest BCUT2D eigenvalue weighted by atomic mass is 31.1. The van der Waals surface area contributed by atoms with Crippen LogP contribution in [0.4, 0.5) is 0 Å². The Kier molecular flexibility index (Phi) is 4.80. The lowest BCUT2D eigenvalue weighted by molar-refractivity contribution is 0.405. The van der Waals surface area contributed by atoms with Crippen LogP contribution in [0.5, 0.6) is 0 Å². The van der Waals surface area contributed by atoms with E-state index in [0.717, 1.165) is 0 Å². The van der Waals surface area contributed by atoms with Crippen molar-refractivity contribution in [1.29, 1.82) is 0 Å². The Morgan fingerprint density at radius 3 is 2.19 bits per heavy atom. The summed E-state index contributed by atoms with van der Waals surface area (Å²) in [6.45, 7) is 3.74. The molecule has 0 aliphatic rings. The highest BCUT2D eigenvalue weighted by Crippen LogP contribution is 2.15. The Bertz CT molecular complexity index is 504. The van der Waals surface area contributed by atoms with Crippen LogP contribution in [0, 0.1) is 0 Å². The second kappa shape index (κ2) is 6.13. The number of fused-ring (bicyclic) bond motifs is 1. The maximum atomic E-state index is 8.70. The monoisotopic (exact) mass is 235 g/mol. The van der Waals surface area contributed by atoms with Crippen LogP contribution in [0.2, 0.25) is 0 Å². The fourth-order valence-corrected chi connectivity index (χ4v) is 1.33. The average Bonchev–Trinajstić information content (AvgIpc) is 2.27. The van der Waals surface area contributed by atoms with Crippen LogP contribution in [-0.2, 0) is 4.57 Å². The summed E-state index contributed by atoms with van der Waals surface area (Å²) < 4.78 is 8.70. The largest absolute Gasteiger partial charge is 0.692 e. The molecule has 2 N–H and O–H groups in total. The summed E-state index contributed by atoms with van der Waals surface area (Å²) in [7, 11) is -2.87. The second-order valence-corrected chi connectivity index (χ2v) is 3.57. The van der Waals surface area contributed by atoms with E-state index in [1.54, 1.807) is 0 Å². The molecule has 0 amide bonds. The highest BCUT2D eigenvalue weighted by molar-refractivity contribution is 7.30. The van der Waals surface area contributed by atoms with Gasteiger partial charge in [-0.05, 0) is 22.4 Å². The van der Waals surface area contributed by atoms with E-state index >= 15 is 0 Å². The number of hydrogen-bond donors (Lipinski definition) is 2. The predicted molar refractivity (Wildman–Crippen MR) is 66.1 cm³/mol. The van der Waals surface area contributed by atoms with Crippen molar-refractivity contribution in [2.24, 2.45) is 0 Å². The molecule has 0 spiro atoms. The van der Waals surface area contributed by atoms with Crippen molar-refractivity contribution in [2.45, 2.75) is 0 Å². The first-order valence-electron chi connectivity index (χ1n) is 4.59. The Morgan fingerprint density at radius 1 is 1.06 bits per heavy atom. The third kappa shape index (κ3) is 3.91. The van der Waals surface area contributed by atoms with Crippen molar-refractivity contribution >= 4 is 25.1 Å². The van der Waals surface area contributed by atoms with Crippen molar-refractivity contribution in [2.75, 3.05) is 0 Å². The van der Waals surface area contributed by atoms with E-state index in [0.29, 0.717) is 0 Å². The van der Waals surface area contributed by atoms with Gasteiger partial charge in [0.2, 0.25) is 0 Å². The van der Waals surface area contributed by atoms with Gasteiger partial charge in [-0.1, -0.05) is 49.1 Å². The smallest absolute Gasteiger partial charge is 0.134 e. The molecule has 0 fully saturated rings. The lowest BCUT2D eigenvalue weighted by atomic mass is 10.1. The third-order valence-corrected chi connectivity index (χ3v) is 2.01. The van der Waals surface area contributed by atoms with Crippen LogP contribution in [0.15, 0.2) is 49.0 Å². The normalized spacial score (nSPS) is 9.12. The first-order valence-corrected chi connectivity index (χ1v) is 5.76. The summed E-state index contributed by atoms with van der Waals surface area (Å²) in [5.41, 5.74) is 1.17. The summed E-state index contributed by atoms with van der Waals surface area (Å²) >= 11 is 0. The third-order valence-electron chi connectivity index (χ3n) is 2.01. The van der Waals surface area contributed by atoms with Crippen molar-refractivity contribution in [3.05, 3.63) is 54.6 Å². The van der Waals surface area contributed by atoms with Crippen LogP contribution in [0.1, 0.15) is 5.56 Å². The molecule has 0 radical (unpaired) electrons. The van der Waals surface area contributed by atoms with E-state index in [1.807, 2.05) is 6.08 Å². The van der Waals surface area contributed by atoms with Crippen LogP contribution < -0.4 is 0 Å². The minimum atomic E-state index is -2.87. The van der Waals surface area contributed by atoms with Gasteiger partial charge in [0.1, 0.15) is 0 Å². The summed E-state index contributed by atoms with van der Waals surface area (Å²) in [5.74, 6) is 0. The van der Waals surface area contributed by atoms with Crippen LogP contribution in [0.25, 0.3) is 16.8 Å². The number of benzene rings is 2. The van der Waals surface area contributed by atoms with Gasteiger partial charge in [-0.25, -0.2) is 0 Å². The molecular formula is C12H12O3P+. The fraction of sp³-hybridized carbons (Fsp3) is 0. The minimum Gasteiger partial charge on any atom is -0.134 e. The molecule has 0 aromatic heterocycles. The van der Waals surface area contributed by atoms with Crippen LogP contribution in [0.3, 0.4) is 0 Å². The van der Waals surface area contributed by atoms with Gasteiger partial charge in [-0.3, -0.25) is 0 Å². The molecule has 0 atom stereocenters. The van der Waals surface area contributed by atoms with Gasteiger partial charge < -0.3 is 0 Å². The SMILES string of the molecule is C=Cc1ccc2ccccc2c1.O=[P+](O)O. The lowest BCUT2D eigenvalue weighted by Gasteiger charge is -1.97. The topological polar surface area (TPSA) is 57.5 Å². The van der Waals surface area contributed by atoms with Gasteiger partial charge in [0, 0.05) is 4.57 Å². The molecular weight excluding hydrogens is 223 g/mol. The molecule has 82 valence electrons. The molecule has 0 aliphatic heterocycles. The van der Waals surface area contributed by atoms with E-state index in [4.69, 9.17) is 14.4 Å². The molecule has 0 unspecified atom stereocenters. The minimum absolute atomic E-state index is 1.17. The van der Waals surface area contributed by atoms with Gasteiger partial charge in [0.15, 0.2) is 0 Å². The summed E-state index contributed by atoms with van der Waals surface area (Å²) in [6, 6.07) is 14.7. The zero-order valence-electron chi connectivity index (χ0n) is 8.58. The second-order valence-electron chi connectivity index (χ2n) is 3.06. The molecule has 4 heteroatoms. The van der Waals surface area contributed by atoms with Crippen molar-refractivity contribution in [3.63, 3.8) is 0 Å². The van der Waals surface area contributed by atoms with Crippen LogP contribution in [-0.4, -0.2) is 9.79 Å². The Labute approximate surface area is 94.6 Å². The average molecular weight is 235 g/mol. The van der Waals surface area contributed by atoms with E-state index in [-0.39, 0.29) is 0 Å². The molecule has 2 aromatic carbocycles. The van der Waals surface area contributed by atoms with Gasteiger partial charge in [-0.2, -0.15) is 0 Å².